The van der Waals surface area contributed by atoms with Crippen molar-refractivity contribution >= 4 is 11.6 Å². The molecule has 0 radical (unpaired) electrons. The van der Waals surface area contributed by atoms with Gasteiger partial charge >= 0.3 is 6.18 Å². The number of nitrogens with one attached hydrogen (secondary N) is 1. The predicted molar refractivity (Wildman–Crippen MR) is 103 cm³/mol. The number of alkyl halides is 3. The molecule has 3 rings (SSSR count). The maximum absolute atomic E-state index is 13.1. The van der Waals surface area contributed by atoms with Crippen LogP contribution in [-0.2, 0) is 12.6 Å². The fourth-order valence-corrected chi connectivity index (χ4v) is 2.86. The maximum Gasteiger partial charge on any atom is 0.416 e. The molecule has 0 aliphatic rings. The quantitative estimate of drug-likeness (QED) is 0.703. The Morgan fingerprint density at radius 3 is 2.55 bits per heavy atom. The van der Waals surface area contributed by atoms with Crippen LogP contribution < -0.4 is 10.5 Å². The molecule has 0 unspecified atom stereocenters. The number of carbonyl (C=O) groups is 1. The third-order valence-corrected chi connectivity index (χ3v) is 4.33. The van der Waals surface area contributed by atoms with E-state index in [1.165, 1.54) is 23.1 Å². The molecule has 5 nitrogen and oxygen atoms in total. The molecule has 0 saturated carbocycles. The molecule has 0 spiro atoms. The Balaban J connectivity index is 1.99. The number of benzene rings is 1. The molecule has 2 heterocycles. The molecule has 2 aromatic heterocycles. The summed E-state index contributed by atoms with van der Waals surface area (Å²) in [7, 11) is 0. The van der Waals surface area contributed by atoms with E-state index >= 15 is 0 Å². The number of aryl methyl sites for hydroxylation is 1. The minimum absolute atomic E-state index is 0.0562. The van der Waals surface area contributed by atoms with Crippen LogP contribution in [0.1, 0.15) is 27.3 Å². The number of carbonyl (C=O) groups excluding carboxylic acids is 1. The lowest BCUT2D eigenvalue weighted by atomic mass is 10.1. The van der Waals surface area contributed by atoms with Crippen molar-refractivity contribution in [3.63, 3.8) is 0 Å². The molecule has 1 amide bonds. The Labute approximate surface area is 164 Å². The number of nitrogens with zero attached hydrogens (tertiary/aromatic N) is 2. The molecule has 0 aliphatic heterocycles. The normalized spacial score (nSPS) is 11.3. The molecule has 0 bridgehead atoms. The van der Waals surface area contributed by atoms with Crippen molar-refractivity contribution in [3.05, 3.63) is 93.7 Å². The van der Waals surface area contributed by atoms with Crippen molar-refractivity contribution in [1.29, 1.82) is 0 Å². The van der Waals surface area contributed by atoms with Crippen molar-refractivity contribution in [1.82, 2.24) is 9.97 Å². The molecule has 8 heteroatoms. The zero-order valence-electron chi connectivity index (χ0n) is 15.5. The Morgan fingerprint density at radius 2 is 1.90 bits per heavy atom. The molecule has 0 aliphatic carbocycles. The monoisotopic (exact) mass is 401 g/mol. The maximum atomic E-state index is 13.1. The highest BCUT2D eigenvalue weighted by Gasteiger charge is 2.31. The van der Waals surface area contributed by atoms with Crippen LogP contribution in [0, 0.1) is 6.92 Å². The number of hydrogen-bond acceptors (Lipinski definition) is 3. The second-order valence-corrected chi connectivity index (χ2v) is 6.46. The zero-order chi connectivity index (χ0) is 21.0. The molecule has 3 aromatic rings. The van der Waals surface area contributed by atoms with Crippen LogP contribution in [0.5, 0.6) is 0 Å². The van der Waals surface area contributed by atoms with E-state index in [0.29, 0.717) is 17.8 Å². The molecule has 0 atom stereocenters. The van der Waals surface area contributed by atoms with Gasteiger partial charge in [0.15, 0.2) is 0 Å². The van der Waals surface area contributed by atoms with Gasteiger partial charge in [-0.05, 0) is 49.4 Å². The van der Waals surface area contributed by atoms with Crippen LogP contribution in [0.25, 0.3) is 0 Å². The van der Waals surface area contributed by atoms with E-state index in [1.807, 2.05) is 0 Å². The number of anilines is 1. The summed E-state index contributed by atoms with van der Waals surface area (Å²) in [5.74, 6) is -0.679. The zero-order valence-corrected chi connectivity index (χ0v) is 15.5. The summed E-state index contributed by atoms with van der Waals surface area (Å²) < 4.78 is 39.4. The average Bonchev–Trinajstić information content (AvgIpc) is 2.68. The molecular weight excluding hydrogens is 383 g/mol. The van der Waals surface area contributed by atoms with Gasteiger partial charge in [0.25, 0.3) is 11.5 Å². The van der Waals surface area contributed by atoms with Crippen LogP contribution in [0.4, 0.5) is 18.9 Å². The summed E-state index contributed by atoms with van der Waals surface area (Å²) in [6, 6.07) is 12.7. The Kier molecular flexibility index (Phi) is 5.81. The lowest BCUT2D eigenvalue weighted by molar-refractivity contribution is -0.137. The minimum atomic E-state index is -4.55. The highest BCUT2D eigenvalue weighted by atomic mass is 19.4. The van der Waals surface area contributed by atoms with Crippen molar-refractivity contribution in [2.75, 3.05) is 11.4 Å². The lowest BCUT2D eigenvalue weighted by Crippen LogP contribution is -2.36. The van der Waals surface area contributed by atoms with Gasteiger partial charge in [0.2, 0.25) is 0 Å². The van der Waals surface area contributed by atoms with E-state index < -0.39 is 23.2 Å². The van der Waals surface area contributed by atoms with Gasteiger partial charge in [0.05, 0.1) is 5.56 Å². The van der Waals surface area contributed by atoms with Gasteiger partial charge in [-0.2, -0.15) is 13.2 Å². The first-order valence-electron chi connectivity index (χ1n) is 8.84. The van der Waals surface area contributed by atoms with Crippen LogP contribution >= 0.6 is 0 Å². The molecule has 150 valence electrons. The molecular formula is C21H18F3N3O2. The van der Waals surface area contributed by atoms with Crippen LogP contribution in [0.15, 0.2) is 65.6 Å². The number of hydrogen-bond donors (Lipinski definition) is 1. The van der Waals surface area contributed by atoms with E-state index in [9.17, 15) is 22.8 Å². The van der Waals surface area contributed by atoms with Gasteiger partial charge in [-0.3, -0.25) is 14.6 Å². The Morgan fingerprint density at radius 1 is 1.10 bits per heavy atom. The van der Waals surface area contributed by atoms with E-state index in [1.54, 1.807) is 37.4 Å². The third kappa shape index (κ3) is 4.90. The molecule has 1 aromatic carbocycles. The van der Waals surface area contributed by atoms with Gasteiger partial charge in [-0.1, -0.05) is 12.1 Å². The molecule has 0 fully saturated rings. The summed E-state index contributed by atoms with van der Waals surface area (Å²) in [6.07, 6.45) is -2.64. The number of halogens is 3. The van der Waals surface area contributed by atoms with Gasteiger partial charge in [-0.25, -0.2) is 0 Å². The predicted octanol–water partition coefficient (Wildman–Crippen LogP) is 3.99. The van der Waals surface area contributed by atoms with Crippen molar-refractivity contribution < 1.29 is 18.0 Å². The van der Waals surface area contributed by atoms with Crippen LogP contribution in [0.3, 0.4) is 0 Å². The van der Waals surface area contributed by atoms with Gasteiger partial charge in [-0.15, -0.1) is 0 Å². The second-order valence-electron chi connectivity index (χ2n) is 6.46. The summed E-state index contributed by atoms with van der Waals surface area (Å²) >= 11 is 0. The van der Waals surface area contributed by atoms with Crippen molar-refractivity contribution in [3.8, 4) is 0 Å². The van der Waals surface area contributed by atoms with Crippen molar-refractivity contribution in [2.45, 2.75) is 19.5 Å². The second kappa shape index (κ2) is 8.30. The number of pyridine rings is 2. The average molecular weight is 401 g/mol. The fourth-order valence-electron chi connectivity index (χ4n) is 2.86. The van der Waals surface area contributed by atoms with E-state index in [-0.39, 0.29) is 17.8 Å². The highest BCUT2D eigenvalue weighted by molar-refractivity contribution is 6.05. The number of H-pyrrole nitrogens is 1. The lowest BCUT2D eigenvalue weighted by Gasteiger charge is -2.23. The minimum Gasteiger partial charge on any atom is -0.326 e. The van der Waals surface area contributed by atoms with Gasteiger partial charge in [0.1, 0.15) is 5.56 Å². The number of rotatable bonds is 5. The molecule has 0 saturated heterocycles. The number of aromatic nitrogens is 2. The summed E-state index contributed by atoms with van der Waals surface area (Å²) in [4.78, 5) is 33.2. The highest BCUT2D eigenvalue weighted by Crippen LogP contribution is 2.32. The Bertz CT molecular complexity index is 1060. The van der Waals surface area contributed by atoms with E-state index in [2.05, 4.69) is 9.97 Å². The first kappa shape index (κ1) is 20.3. The fraction of sp³-hybridized carbons (Fsp3) is 0.190. The molecule has 29 heavy (non-hydrogen) atoms. The van der Waals surface area contributed by atoms with Crippen LogP contribution in [0.2, 0.25) is 0 Å². The summed E-state index contributed by atoms with van der Waals surface area (Å²) in [5.41, 5.74) is -0.302. The van der Waals surface area contributed by atoms with Gasteiger partial charge < -0.3 is 9.88 Å². The van der Waals surface area contributed by atoms with Crippen molar-refractivity contribution in [2.24, 2.45) is 0 Å². The van der Waals surface area contributed by atoms with E-state index in [0.717, 1.165) is 12.1 Å². The molecule has 1 N–H and O–H groups in total. The SMILES string of the molecule is Cc1ccc(C(=O)N(CCc2ccccn2)c2cccc(C(F)(F)F)c2)c(=O)[nH]1. The largest absolute Gasteiger partial charge is 0.416 e. The summed E-state index contributed by atoms with van der Waals surface area (Å²) in [6.45, 7) is 1.73. The van der Waals surface area contributed by atoms with E-state index in [4.69, 9.17) is 0 Å². The summed E-state index contributed by atoms with van der Waals surface area (Å²) in [5, 5.41) is 0. The van der Waals surface area contributed by atoms with Crippen LogP contribution in [-0.4, -0.2) is 22.4 Å². The number of aromatic amines is 1. The topological polar surface area (TPSA) is 66.1 Å². The smallest absolute Gasteiger partial charge is 0.326 e. The Hall–Kier alpha value is -3.42. The first-order chi connectivity index (χ1) is 13.8. The third-order valence-electron chi connectivity index (χ3n) is 4.33. The first-order valence-corrected chi connectivity index (χ1v) is 8.84. The standard InChI is InChI=1S/C21H18F3N3O2/c1-14-8-9-18(19(28)26-14)20(29)27(12-10-16-6-2-3-11-25-16)17-7-4-5-15(13-17)21(22,23)24/h2-9,11,13H,10,12H2,1H3,(H,26,28). The van der Waals surface area contributed by atoms with Gasteiger partial charge in [0, 0.05) is 36.2 Å². The number of amides is 1.